The molecule has 0 amide bonds. The molecule has 2 heteroatoms. The summed E-state index contributed by atoms with van der Waals surface area (Å²) in [6.45, 7) is 12.1. The highest BCUT2D eigenvalue weighted by Crippen LogP contribution is 2.28. The van der Waals surface area contributed by atoms with Crippen molar-refractivity contribution in [3.63, 3.8) is 0 Å². The molecule has 16 heavy (non-hydrogen) atoms. The molecule has 0 aromatic rings. The quantitative estimate of drug-likeness (QED) is 0.687. The minimum Gasteiger partial charge on any atom is -0.300 e. The summed E-state index contributed by atoms with van der Waals surface area (Å²) in [5, 5.41) is 1.16. The molecule has 4 unspecified atom stereocenters. The molecule has 0 radical (unpaired) electrons. The normalized spacial score (nSPS) is 33.9. The Balaban J connectivity index is 2.49. The van der Waals surface area contributed by atoms with Gasteiger partial charge in [-0.25, -0.2) is 0 Å². The largest absolute Gasteiger partial charge is 0.300 e. The Hall–Kier alpha value is 0.440. The maximum Gasteiger partial charge on any atom is 0.00929 e. The molecule has 1 fully saturated rings. The average molecular weight is 290 g/mol. The minimum absolute atomic E-state index is 0.773. The van der Waals surface area contributed by atoms with E-state index in [0.29, 0.717) is 0 Å². The highest BCUT2D eigenvalue weighted by Gasteiger charge is 2.29. The number of hydrogen-bond acceptors (Lipinski definition) is 1. The molecule has 1 nitrogen and oxygen atoms in total. The van der Waals surface area contributed by atoms with Gasteiger partial charge in [0.25, 0.3) is 0 Å². The van der Waals surface area contributed by atoms with E-state index in [1.54, 1.807) is 0 Å². The van der Waals surface area contributed by atoms with Gasteiger partial charge in [-0.1, -0.05) is 43.1 Å². The number of piperidine rings is 1. The first-order valence-electron chi connectivity index (χ1n) is 6.88. The molecule has 0 bridgehead atoms. The Morgan fingerprint density at radius 3 is 2.56 bits per heavy atom. The first-order chi connectivity index (χ1) is 7.58. The lowest BCUT2D eigenvalue weighted by molar-refractivity contribution is 0.0665. The Bertz CT molecular complexity index is 195. The smallest absolute Gasteiger partial charge is 0.00929 e. The second-order valence-corrected chi connectivity index (χ2v) is 6.47. The van der Waals surface area contributed by atoms with E-state index in [-0.39, 0.29) is 0 Å². The fourth-order valence-corrected chi connectivity index (χ4v) is 3.56. The molecule has 4 atom stereocenters. The van der Waals surface area contributed by atoms with Crippen molar-refractivity contribution in [2.24, 2.45) is 17.8 Å². The van der Waals surface area contributed by atoms with Gasteiger partial charge in [0.15, 0.2) is 0 Å². The maximum atomic E-state index is 3.67. The Labute approximate surface area is 110 Å². The van der Waals surface area contributed by atoms with Gasteiger partial charge in [-0.3, -0.25) is 4.90 Å². The van der Waals surface area contributed by atoms with Gasteiger partial charge in [0.1, 0.15) is 0 Å². The molecule has 0 saturated carbocycles. The summed E-state index contributed by atoms with van der Waals surface area (Å²) < 4.78 is 0. The Morgan fingerprint density at radius 1 is 1.31 bits per heavy atom. The van der Waals surface area contributed by atoms with Crippen molar-refractivity contribution >= 4 is 15.9 Å². The number of rotatable bonds is 5. The lowest BCUT2D eigenvalue weighted by Gasteiger charge is -2.42. The third-order valence-corrected chi connectivity index (χ3v) is 5.04. The predicted octanol–water partition coefficient (Wildman–Crippen LogP) is 4.16. The van der Waals surface area contributed by atoms with Gasteiger partial charge in [0, 0.05) is 24.5 Å². The van der Waals surface area contributed by atoms with Crippen LogP contribution in [0.3, 0.4) is 0 Å². The van der Waals surface area contributed by atoms with Crippen molar-refractivity contribution in [1.82, 2.24) is 4.90 Å². The lowest BCUT2D eigenvalue weighted by atomic mass is 9.85. The van der Waals surface area contributed by atoms with Crippen molar-refractivity contribution in [2.75, 3.05) is 18.4 Å². The second-order valence-electron chi connectivity index (χ2n) is 5.82. The molecule has 1 aliphatic heterocycles. The van der Waals surface area contributed by atoms with E-state index in [2.05, 4.69) is 48.5 Å². The van der Waals surface area contributed by atoms with E-state index < -0.39 is 0 Å². The lowest BCUT2D eigenvalue weighted by Crippen LogP contribution is -2.47. The zero-order valence-corrected chi connectivity index (χ0v) is 13.0. The van der Waals surface area contributed by atoms with E-state index in [9.17, 15) is 0 Å². The van der Waals surface area contributed by atoms with E-state index >= 15 is 0 Å². The Morgan fingerprint density at radius 2 is 2.00 bits per heavy atom. The topological polar surface area (TPSA) is 3.24 Å². The first kappa shape index (κ1) is 14.5. The van der Waals surface area contributed by atoms with Crippen LogP contribution in [-0.2, 0) is 0 Å². The molecule has 0 aromatic heterocycles. The van der Waals surface area contributed by atoms with Crippen LogP contribution in [0.1, 0.15) is 47.0 Å². The van der Waals surface area contributed by atoms with Crippen LogP contribution >= 0.6 is 15.9 Å². The van der Waals surface area contributed by atoms with Crippen LogP contribution in [0.4, 0.5) is 0 Å². The van der Waals surface area contributed by atoms with Gasteiger partial charge in [0.05, 0.1) is 0 Å². The van der Waals surface area contributed by atoms with E-state index in [0.717, 1.165) is 29.1 Å². The number of hydrogen-bond donors (Lipinski definition) is 0. The van der Waals surface area contributed by atoms with Crippen LogP contribution in [0, 0.1) is 17.8 Å². The van der Waals surface area contributed by atoms with Crippen LogP contribution in [-0.4, -0.2) is 29.4 Å². The standard InChI is InChI=1S/C14H28BrN/c1-5-6-14(8-15)10-16-9-11(2)7-12(3)13(16)4/h11-14H,5-10H2,1-4H3. The number of likely N-dealkylation sites (tertiary alicyclic amines) is 1. The summed E-state index contributed by atoms with van der Waals surface area (Å²) in [4.78, 5) is 2.72. The van der Waals surface area contributed by atoms with Gasteiger partial charge < -0.3 is 0 Å². The van der Waals surface area contributed by atoms with Crippen molar-refractivity contribution < 1.29 is 0 Å². The molecular formula is C14H28BrN. The van der Waals surface area contributed by atoms with Crippen LogP contribution in [0.15, 0.2) is 0 Å². The third kappa shape index (κ3) is 4.03. The van der Waals surface area contributed by atoms with Gasteiger partial charge in [-0.15, -0.1) is 0 Å². The van der Waals surface area contributed by atoms with E-state index in [1.807, 2.05) is 0 Å². The van der Waals surface area contributed by atoms with Gasteiger partial charge in [0.2, 0.25) is 0 Å². The molecule has 1 rings (SSSR count). The highest BCUT2D eigenvalue weighted by molar-refractivity contribution is 9.09. The molecule has 0 spiro atoms. The van der Waals surface area contributed by atoms with Gasteiger partial charge >= 0.3 is 0 Å². The monoisotopic (exact) mass is 289 g/mol. The number of alkyl halides is 1. The molecule has 1 aliphatic rings. The number of halogens is 1. The van der Waals surface area contributed by atoms with Crippen molar-refractivity contribution in [3.8, 4) is 0 Å². The molecular weight excluding hydrogens is 262 g/mol. The van der Waals surface area contributed by atoms with Gasteiger partial charge in [-0.2, -0.15) is 0 Å². The molecule has 1 saturated heterocycles. The SMILES string of the molecule is CCCC(CBr)CN1CC(C)CC(C)C1C. The fourth-order valence-electron chi connectivity index (χ4n) is 3.03. The third-order valence-electron chi connectivity index (χ3n) is 4.13. The second kappa shape index (κ2) is 7.00. The molecule has 0 aliphatic carbocycles. The summed E-state index contributed by atoms with van der Waals surface area (Å²) in [6.07, 6.45) is 4.07. The van der Waals surface area contributed by atoms with Crippen LogP contribution in [0.25, 0.3) is 0 Å². The fraction of sp³-hybridized carbons (Fsp3) is 1.00. The molecule has 0 N–H and O–H groups in total. The van der Waals surface area contributed by atoms with Crippen LogP contribution < -0.4 is 0 Å². The summed E-state index contributed by atoms with van der Waals surface area (Å²) in [5.74, 6) is 2.58. The summed E-state index contributed by atoms with van der Waals surface area (Å²) in [5.41, 5.74) is 0. The molecule has 1 heterocycles. The predicted molar refractivity (Wildman–Crippen MR) is 76.2 cm³/mol. The summed E-state index contributed by atoms with van der Waals surface area (Å²) in [7, 11) is 0. The van der Waals surface area contributed by atoms with Crippen LogP contribution in [0.5, 0.6) is 0 Å². The maximum absolute atomic E-state index is 3.67. The average Bonchev–Trinajstić information content (AvgIpc) is 2.24. The minimum atomic E-state index is 0.773. The van der Waals surface area contributed by atoms with E-state index in [4.69, 9.17) is 0 Å². The molecule has 96 valence electrons. The van der Waals surface area contributed by atoms with Crippen molar-refractivity contribution in [1.29, 1.82) is 0 Å². The van der Waals surface area contributed by atoms with Crippen molar-refractivity contribution in [3.05, 3.63) is 0 Å². The first-order valence-corrected chi connectivity index (χ1v) is 8.00. The summed E-state index contributed by atoms with van der Waals surface area (Å²) in [6, 6.07) is 0.773. The summed E-state index contributed by atoms with van der Waals surface area (Å²) >= 11 is 3.67. The van der Waals surface area contributed by atoms with Crippen LogP contribution in [0.2, 0.25) is 0 Å². The molecule has 0 aromatic carbocycles. The Kier molecular flexibility index (Phi) is 6.35. The number of nitrogens with zero attached hydrogens (tertiary/aromatic N) is 1. The zero-order chi connectivity index (χ0) is 12.1. The highest BCUT2D eigenvalue weighted by atomic mass is 79.9. The van der Waals surface area contributed by atoms with E-state index in [1.165, 1.54) is 32.4 Å². The van der Waals surface area contributed by atoms with Crippen molar-refractivity contribution in [2.45, 2.75) is 53.0 Å². The zero-order valence-electron chi connectivity index (χ0n) is 11.4. The van der Waals surface area contributed by atoms with Gasteiger partial charge in [-0.05, 0) is 37.5 Å².